The summed E-state index contributed by atoms with van der Waals surface area (Å²) in [7, 11) is -3.89. The summed E-state index contributed by atoms with van der Waals surface area (Å²) in [6.45, 7) is 4.39. The van der Waals surface area contributed by atoms with Crippen molar-refractivity contribution in [2.45, 2.75) is 31.7 Å². The van der Waals surface area contributed by atoms with E-state index in [9.17, 15) is 13.2 Å². The third-order valence-electron chi connectivity index (χ3n) is 3.54. The molecule has 0 aromatic heterocycles. The van der Waals surface area contributed by atoms with Crippen LogP contribution in [0, 0.1) is 5.92 Å². The number of hydrogen-bond acceptors (Lipinski definition) is 3. The second-order valence-electron chi connectivity index (χ2n) is 6.04. The summed E-state index contributed by atoms with van der Waals surface area (Å²) < 4.78 is 27.2. The molecule has 0 radical (unpaired) electrons. The summed E-state index contributed by atoms with van der Waals surface area (Å²) in [5.41, 5.74) is 1.78. The molecule has 0 saturated carbocycles. The van der Waals surface area contributed by atoms with E-state index in [1.165, 1.54) is 29.8 Å². The SMILES string of the molecule is CC(C)Cc1ccc(CNS(=O)(=O)c2ccccc2C(=O)O)cc1. The highest BCUT2D eigenvalue weighted by atomic mass is 32.2. The van der Waals surface area contributed by atoms with Gasteiger partial charge in [-0.3, -0.25) is 0 Å². The molecule has 0 fully saturated rings. The summed E-state index contributed by atoms with van der Waals surface area (Å²) >= 11 is 0. The van der Waals surface area contributed by atoms with Crippen molar-refractivity contribution < 1.29 is 18.3 Å². The van der Waals surface area contributed by atoms with E-state index >= 15 is 0 Å². The van der Waals surface area contributed by atoms with Crippen LogP contribution in [0.5, 0.6) is 0 Å². The second-order valence-corrected chi connectivity index (χ2v) is 7.78. The van der Waals surface area contributed by atoms with Crippen LogP contribution >= 0.6 is 0 Å². The van der Waals surface area contributed by atoms with Crippen LogP contribution in [0.25, 0.3) is 0 Å². The van der Waals surface area contributed by atoms with Gasteiger partial charge >= 0.3 is 5.97 Å². The number of nitrogens with one attached hydrogen (secondary N) is 1. The number of carbonyl (C=O) groups is 1. The Morgan fingerprint density at radius 3 is 2.21 bits per heavy atom. The Bertz CT molecular complexity index is 811. The highest BCUT2D eigenvalue weighted by Crippen LogP contribution is 2.16. The molecule has 0 aliphatic rings. The number of rotatable bonds is 7. The topological polar surface area (TPSA) is 83.5 Å². The lowest BCUT2D eigenvalue weighted by Crippen LogP contribution is -2.25. The van der Waals surface area contributed by atoms with Gasteiger partial charge in [-0.05, 0) is 35.6 Å². The Morgan fingerprint density at radius 2 is 1.62 bits per heavy atom. The first-order chi connectivity index (χ1) is 11.3. The zero-order valence-electron chi connectivity index (χ0n) is 13.7. The molecule has 2 aromatic carbocycles. The minimum Gasteiger partial charge on any atom is -0.478 e. The van der Waals surface area contributed by atoms with Gasteiger partial charge in [-0.25, -0.2) is 17.9 Å². The summed E-state index contributed by atoms with van der Waals surface area (Å²) in [5.74, 6) is -0.712. The molecule has 0 heterocycles. The van der Waals surface area contributed by atoms with Gasteiger partial charge in [0.15, 0.2) is 0 Å². The minimum atomic E-state index is -3.89. The summed E-state index contributed by atoms with van der Waals surface area (Å²) in [6, 6.07) is 13.3. The van der Waals surface area contributed by atoms with Crippen molar-refractivity contribution in [1.82, 2.24) is 4.72 Å². The molecule has 0 spiro atoms. The van der Waals surface area contributed by atoms with E-state index in [1.807, 2.05) is 24.3 Å². The largest absolute Gasteiger partial charge is 0.478 e. The van der Waals surface area contributed by atoms with Crippen molar-refractivity contribution in [2.24, 2.45) is 5.92 Å². The quantitative estimate of drug-likeness (QED) is 0.806. The maximum absolute atomic E-state index is 12.4. The number of hydrogen-bond donors (Lipinski definition) is 2. The predicted octanol–water partition coefficient (Wildman–Crippen LogP) is 3.06. The van der Waals surface area contributed by atoms with Gasteiger partial charge in [-0.1, -0.05) is 50.2 Å². The van der Waals surface area contributed by atoms with Crippen molar-refractivity contribution in [3.8, 4) is 0 Å². The van der Waals surface area contributed by atoms with Gasteiger partial charge in [0.25, 0.3) is 0 Å². The van der Waals surface area contributed by atoms with Gasteiger partial charge in [-0.2, -0.15) is 0 Å². The minimum absolute atomic E-state index is 0.109. The number of carboxylic acid groups (broad SMARTS) is 1. The number of aromatic carboxylic acids is 1. The Kier molecular flexibility index (Phi) is 5.75. The lowest BCUT2D eigenvalue weighted by atomic mass is 10.0. The average Bonchev–Trinajstić information content (AvgIpc) is 2.54. The van der Waals surface area contributed by atoms with Crippen LogP contribution in [0.2, 0.25) is 0 Å². The fraction of sp³-hybridized carbons (Fsp3) is 0.278. The van der Waals surface area contributed by atoms with Crippen LogP contribution in [0.3, 0.4) is 0 Å². The first-order valence-electron chi connectivity index (χ1n) is 7.69. The van der Waals surface area contributed by atoms with Crippen molar-refractivity contribution in [2.75, 3.05) is 0 Å². The van der Waals surface area contributed by atoms with Crippen molar-refractivity contribution in [3.63, 3.8) is 0 Å². The number of benzene rings is 2. The molecule has 0 amide bonds. The molecule has 6 heteroatoms. The van der Waals surface area contributed by atoms with E-state index in [4.69, 9.17) is 5.11 Å². The molecule has 0 unspecified atom stereocenters. The number of sulfonamides is 1. The van der Waals surface area contributed by atoms with Gasteiger partial charge in [-0.15, -0.1) is 0 Å². The first kappa shape index (κ1) is 18.2. The fourth-order valence-electron chi connectivity index (χ4n) is 2.40. The van der Waals surface area contributed by atoms with Crippen molar-refractivity contribution >= 4 is 16.0 Å². The lowest BCUT2D eigenvalue weighted by molar-refractivity contribution is 0.0692. The third-order valence-corrected chi connectivity index (χ3v) is 5.00. The molecule has 0 saturated heterocycles. The predicted molar refractivity (Wildman–Crippen MR) is 92.4 cm³/mol. The Balaban J connectivity index is 2.12. The highest BCUT2D eigenvalue weighted by Gasteiger charge is 2.21. The van der Waals surface area contributed by atoms with E-state index in [1.54, 1.807) is 0 Å². The standard InChI is InChI=1S/C18H21NO4S/c1-13(2)11-14-7-9-15(10-8-14)12-19-24(22,23)17-6-4-3-5-16(17)18(20)21/h3-10,13,19H,11-12H2,1-2H3,(H,20,21). The molecular formula is C18H21NO4S. The molecule has 0 aliphatic heterocycles. The van der Waals surface area contributed by atoms with Crippen LogP contribution < -0.4 is 4.72 Å². The van der Waals surface area contributed by atoms with Gasteiger partial charge in [0.2, 0.25) is 10.0 Å². The molecule has 0 atom stereocenters. The van der Waals surface area contributed by atoms with E-state index in [0.717, 1.165) is 12.0 Å². The number of carboxylic acids is 1. The van der Waals surface area contributed by atoms with Gasteiger partial charge in [0.05, 0.1) is 10.5 Å². The van der Waals surface area contributed by atoms with Crippen LogP contribution in [-0.4, -0.2) is 19.5 Å². The van der Waals surface area contributed by atoms with Gasteiger partial charge < -0.3 is 5.11 Å². The first-order valence-corrected chi connectivity index (χ1v) is 9.17. The van der Waals surface area contributed by atoms with Gasteiger partial charge in [0.1, 0.15) is 0 Å². The Hall–Kier alpha value is -2.18. The molecule has 5 nitrogen and oxygen atoms in total. The van der Waals surface area contributed by atoms with E-state index < -0.39 is 16.0 Å². The third kappa shape index (κ3) is 4.66. The molecule has 2 rings (SSSR count). The van der Waals surface area contributed by atoms with E-state index in [0.29, 0.717) is 5.92 Å². The maximum atomic E-state index is 12.4. The molecule has 2 aromatic rings. The fourth-order valence-corrected chi connectivity index (χ4v) is 3.61. The molecule has 0 bridgehead atoms. The molecule has 2 N–H and O–H groups in total. The Labute approximate surface area is 142 Å². The zero-order valence-corrected chi connectivity index (χ0v) is 14.5. The Morgan fingerprint density at radius 1 is 1.04 bits per heavy atom. The molecule has 0 aliphatic carbocycles. The average molecular weight is 347 g/mol. The van der Waals surface area contributed by atoms with E-state index in [2.05, 4.69) is 18.6 Å². The van der Waals surface area contributed by atoms with Crippen LogP contribution in [-0.2, 0) is 23.0 Å². The van der Waals surface area contributed by atoms with Crippen LogP contribution in [0.4, 0.5) is 0 Å². The monoisotopic (exact) mass is 347 g/mol. The van der Waals surface area contributed by atoms with Crippen LogP contribution in [0.1, 0.15) is 35.3 Å². The molecule has 128 valence electrons. The molecular weight excluding hydrogens is 326 g/mol. The summed E-state index contributed by atoms with van der Waals surface area (Å²) in [4.78, 5) is 10.9. The van der Waals surface area contributed by atoms with Crippen molar-refractivity contribution in [3.05, 3.63) is 65.2 Å². The van der Waals surface area contributed by atoms with E-state index in [-0.39, 0.29) is 17.0 Å². The highest BCUT2D eigenvalue weighted by molar-refractivity contribution is 7.89. The zero-order chi connectivity index (χ0) is 17.7. The summed E-state index contributed by atoms with van der Waals surface area (Å²) in [5, 5.41) is 9.12. The van der Waals surface area contributed by atoms with Crippen molar-refractivity contribution in [1.29, 1.82) is 0 Å². The molecule has 24 heavy (non-hydrogen) atoms. The van der Waals surface area contributed by atoms with Gasteiger partial charge in [0, 0.05) is 6.54 Å². The smallest absolute Gasteiger partial charge is 0.337 e. The van der Waals surface area contributed by atoms with Crippen LogP contribution in [0.15, 0.2) is 53.4 Å². The lowest BCUT2D eigenvalue weighted by Gasteiger charge is -2.10. The summed E-state index contributed by atoms with van der Waals surface area (Å²) in [6.07, 6.45) is 0.970. The second kappa shape index (κ2) is 7.59. The maximum Gasteiger partial charge on any atom is 0.337 e. The normalized spacial score (nSPS) is 11.6.